The molecule has 0 heterocycles. The Morgan fingerprint density at radius 2 is 1.88 bits per heavy atom. The minimum atomic E-state index is -0.357. The molecule has 1 amide bonds. The fourth-order valence-electron chi connectivity index (χ4n) is 2.00. The van der Waals surface area contributed by atoms with Crippen molar-refractivity contribution in [2.75, 3.05) is 0 Å². The second-order valence-electron chi connectivity index (χ2n) is 5.84. The van der Waals surface area contributed by atoms with E-state index in [1.54, 1.807) is 0 Å². The van der Waals surface area contributed by atoms with Crippen LogP contribution in [-0.2, 0) is 9.63 Å². The van der Waals surface area contributed by atoms with Crippen LogP contribution in [0.15, 0.2) is 0 Å². The first-order valence-corrected chi connectivity index (χ1v) is 6.07. The second-order valence-corrected chi connectivity index (χ2v) is 5.84. The Kier molecular flexibility index (Phi) is 4.33. The van der Waals surface area contributed by atoms with Gasteiger partial charge in [0.2, 0.25) is 5.91 Å². The molecule has 0 unspecified atom stereocenters. The number of nitrogens with one attached hydrogen (secondary N) is 1. The van der Waals surface area contributed by atoms with E-state index in [2.05, 4.69) is 5.48 Å². The Morgan fingerprint density at radius 1 is 1.31 bits per heavy atom. The Morgan fingerprint density at radius 3 is 2.38 bits per heavy atom. The number of carbonyl (C=O) groups is 1. The van der Waals surface area contributed by atoms with Gasteiger partial charge in [-0.25, -0.2) is 5.48 Å². The molecule has 94 valence electrons. The van der Waals surface area contributed by atoms with Gasteiger partial charge < -0.3 is 5.73 Å². The topological polar surface area (TPSA) is 64.3 Å². The summed E-state index contributed by atoms with van der Waals surface area (Å²) in [6.45, 7) is 5.68. The van der Waals surface area contributed by atoms with Crippen molar-refractivity contribution in [2.24, 2.45) is 5.73 Å². The predicted molar refractivity (Wildman–Crippen MR) is 63.6 cm³/mol. The highest BCUT2D eigenvalue weighted by molar-refractivity contribution is 5.76. The molecule has 16 heavy (non-hydrogen) atoms. The Labute approximate surface area is 97.9 Å². The van der Waals surface area contributed by atoms with E-state index in [-0.39, 0.29) is 17.0 Å². The fraction of sp³-hybridized carbons (Fsp3) is 0.917. The summed E-state index contributed by atoms with van der Waals surface area (Å²) >= 11 is 0. The Bertz CT molecular complexity index is 240. The lowest BCUT2D eigenvalue weighted by Crippen LogP contribution is -2.46. The largest absolute Gasteiger partial charge is 0.325 e. The Hall–Kier alpha value is -0.610. The molecule has 1 saturated carbocycles. The average Bonchev–Trinajstić information content (AvgIpc) is 2.14. The molecule has 0 saturated heterocycles. The zero-order valence-electron chi connectivity index (χ0n) is 10.6. The van der Waals surface area contributed by atoms with Crippen molar-refractivity contribution >= 4 is 5.91 Å². The van der Waals surface area contributed by atoms with Crippen LogP contribution >= 0.6 is 0 Å². The highest BCUT2D eigenvalue weighted by atomic mass is 16.7. The SMILES string of the molecule is CC(C)(C)ONC(=O)CC1(N)CCCCC1. The maximum Gasteiger partial charge on any atom is 0.245 e. The predicted octanol–water partition coefficient (Wildman–Crippen LogP) is 1.88. The molecule has 3 N–H and O–H groups in total. The smallest absolute Gasteiger partial charge is 0.245 e. The highest BCUT2D eigenvalue weighted by Gasteiger charge is 2.30. The summed E-state index contributed by atoms with van der Waals surface area (Å²) in [5.41, 5.74) is 7.99. The van der Waals surface area contributed by atoms with Crippen LogP contribution < -0.4 is 11.2 Å². The van der Waals surface area contributed by atoms with E-state index in [4.69, 9.17) is 10.6 Å². The minimum Gasteiger partial charge on any atom is -0.325 e. The lowest BCUT2D eigenvalue weighted by molar-refractivity contribution is -0.147. The first-order chi connectivity index (χ1) is 7.31. The van der Waals surface area contributed by atoms with Crippen molar-refractivity contribution in [1.82, 2.24) is 5.48 Å². The van der Waals surface area contributed by atoms with Gasteiger partial charge in [0.1, 0.15) is 0 Å². The molecular weight excluding hydrogens is 204 g/mol. The molecule has 1 aliphatic rings. The molecule has 4 heteroatoms. The molecule has 4 nitrogen and oxygen atoms in total. The lowest BCUT2D eigenvalue weighted by Gasteiger charge is -2.33. The maximum absolute atomic E-state index is 11.6. The van der Waals surface area contributed by atoms with Crippen LogP contribution in [-0.4, -0.2) is 17.0 Å². The van der Waals surface area contributed by atoms with Gasteiger partial charge in [-0.1, -0.05) is 19.3 Å². The maximum atomic E-state index is 11.6. The third-order valence-corrected chi connectivity index (χ3v) is 2.83. The van der Waals surface area contributed by atoms with Crippen molar-refractivity contribution < 1.29 is 9.63 Å². The first kappa shape index (κ1) is 13.5. The molecule has 1 rings (SSSR count). The van der Waals surface area contributed by atoms with Gasteiger partial charge in [-0.15, -0.1) is 0 Å². The number of hydroxylamine groups is 1. The van der Waals surface area contributed by atoms with E-state index in [1.807, 2.05) is 20.8 Å². The van der Waals surface area contributed by atoms with Crippen molar-refractivity contribution in [3.05, 3.63) is 0 Å². The summed E-state index contributed by atoms with van der Waals surface area (Å²) in [6, 6.07) is 0. The second kappa shape index (κ2) is 5.15. The molecule has 0 radical (unpaired) electrons. The zero-order valence-corrected chi connectivity index (χ0v) is 10.6. The number of rotatable bonds is 3. The zero-order chi connectivity index (χ0) is 12.2. The highest BCUT2D eigenvalue weighted by Crippen LogP contribution is 2.28. The van der Waals surface area contributed by atoms with Crippen LogP contribution in [0.1, 0.15) is 59.3 Å². The van der Waals surface area contributed by atoms with Crippen LogP contribution in [0.2, 0.25) is 0 Å². The van der Waals surface area contributed by atoms with Crippen molar-refractivity contribution in [2.45, 2.75) is 70.4 Å². The standard InChI is InChI=1S/C12H24N2O2/c1-11(2,3)16-14-10(15)9-12(13)7-5-4-6-8-12/h4-9,13H2,1-3H3,(H,14,15). The molecule has 0 aliphatic heterocycles. The summed E-state index contributed by atoms with van der Waals surface area (Å²) in [6.07, 6.45) is 5.74. The van der Waals surface area contributed by atoms with Crippen molar-refractivity contribution in [3.63, 3.8) is 0 Å². The van der Waals surface area contributed by atoms with Gasteiger partial charge >= 0.3 is 0 Å². The van der Waals surface area contributed by atoms with E-state index >= 15 is 0 Å². The van der Waals surface area contributed by atoms with Gasteiger partial charge in [0.05, 0.1) is 5.60 Å². The lowest BCUT2D eigenvalue weighted by atomic mass is 9.80. The van der Waals surface area contributed by atoms with Crippen LogP contribution in [0.25, 0.3) is 0 Å². The van der Waals surface area contributed by atoms with Gasteiger partial charge in [-0.2, -0.15) is 0 Å². The van der Waals surface area contributed by atoms with Crippen LogP contribution in [0.3, 0.4) is 0 Å². The van der Waals surface area contributed by atoms with E-state index in [0.29, 0.717) is 6.42 Å². The van der Waals surface area contributed by atoms with Gasteiger partial charge in [0.15, 0.2) is 0 Å². The summed E-state index contributed by atoms with van der Waals surface area (Å²) in [4.78, 5) is 16.9. The van der Waals surface area contributed by atoms with Gasteiger partial charge in [0, 0.05) is 12.0 Å². The van der Waals surface area contributed by atoms with E-state index in [9.17, 15) is 4.79 Å². The molecular formula is C12H24N2O2. The molecule has 1 aliphatic carbocycles. The molecule has 0 aromatic carbocycles. The van der Waals surface area contributed by atoms with Crippen molar-refractivity contribution in [1.29, 1.82) is 0 Å². The number of amides is 1. The number of carbonyl (C=O) groups excluding carboxylic acids is 1. The number of nitrogens with two attached hydrogens (primary N) is 1. The third kappa shape index (κ3) is 4.94. The third-order valence-electron chi connectivity index (χ3n) is 2.83. The van der Waals surface area contributed by atoms with Gasteiger partial charge in [-0.3, -0.25) is 9.63 Å². The number of hydrogen-bond donors (Lipinski definition) is 2. The minimum absolute atomic E-state index is 0.112. The van der Waals surface area contributed by atoms with Gasteiger partial charge in [0.25, 0.3) is 0 Å². The summed E-state index contributed by atoms with van der Waals surface area (Å²) in [5, 5.41) is 0. The molecule has 0 bridgehead atoms. The molecule has 0 aromatic rings. The van der Waals surface area contributed by atoms with E-state index in [1.165, 1.54) is 6.42 Å². The number of hydrogen-bond acceptors (Lipinski definition) is 3. The fourth-order valence-corrected chi connectivity index (χ4v) is 2.00. The molecule has 1 fully saturated rings. The van der Waals surface area contributed by atoms with Crippen LogP contribution in [0, 0.1) is 0 Å². The molecule has 0 aromatic heterocycles. The molecule has 0 atom stereocenters. The Balaban J connectivity index is 2.33. The quantitative estimate of drug-likeness (QED) is 0.725. The van der Waals surface area contributed by atoms with Gasteiger partial charge in [-0.05, 0) is 33.6 Å². The average molecular weight is 228 g/mol. The summed E-state index contributed by atoms with van der Waals surface area (Å²) < 4.78 is 0. The van der Waals surface area contributed by atoms with Crippen LogP contribution in [0.5, 0.6) is 0 Å². The molecule has 0 spiro atoms. The van der Waals surface area contributed by atoms with Crippen molar-refractivity contribution in [3.8, 4) is 0 Å². The normalized spacial score (nSPS) is 20.5. The summed E-state index contributed by atoms with van der Waals surface area (Å²) in [5.74, 6) is -0.112. The monoisotopic (exact) mass is 228 g/mol. The van der Waals surface area contributed by atoms with E-state index in [0.717, 1.165) is 25.7 Å². The summed E-state index contributed by atoms with van der Waals surface area (Å²) in [7, 11) is 0. The van der Waals surface area contributed by atoms with E-state index < -0.39 is 0 Å². The first-order valence-electron chi connectivity index (χ1n) is 6.07. The van der Waals surface area contributed by atoms with Crippen LogP contribution in [0.4, 0.5) is 0 Å².